The van der Waals surface area contributed by atoms with E-state index in [1.54, 1.807) is 36.5 Å². The van der Waals surface area contributed by atoms with Gasteiger partial charge in [-0.2, -0.15) is 5.10 Å². The monoisotopic (exact) mass is 370 g/mol. The molecule has 9 heteroatoms. The zero-order valence-corrected chi connectivity index (χ0v) is 14.7. The Labute approximate surface area is 155 Å². The molecule has 4 rings (SSSR count). The number of nitrogens with zero attached hydrogens (tertiary/aromatic N) is 5. The maximum atomic E-state index is 14.1. The van der Waals surface area contributed by atoms with Gasteiger partial charge in [-0.15, -0.1) is 10.2 Å². The SMILES string of the molecule is CN(c1ncc(-c2ccc(-c3cn[nH]c3)cc2O)nn1)[C@H]1CCOC[C@H]1F. The lowest BCUT2D eigenvalue weighted by Crippen LogP contribution is -2.46. The van der Waals surface area contributed by atoms with Crippen molar-refractivity contribution in [2.75, 3.05) is 25.2 Å². The third-order valence-corrected chi connectivity index (χ3v) is 4.72. The number of hydrogen-bond donors (Lipinski definition) is 2. The summed E-state index contributed by atoms with van der Waals surface area (Å²) >= 11 is 0. The molecular weight excluding hydrogens is 351 g/mol. The predicted octanol–water partition coefficient (Wildman–Crippen LogP) is 2.20. The minimum absolute atomic E-state index is 0.0687. The molecule has 0 aliphatic carbocycles. The fourth-order valence-corrected chi connectivity index (χ4v) is 3.17. The number of phenols is 1. The van der Waals surface area contributed by atoms with Crippen LogP contribution < -0.4 is 4.90 Å². The van der Waals surface area contributed by atoms with E-state index in [1.807, 2.05) is 6.07 Å². The number of anilines is 1. The Morgan fingerprint density at radius 2 is 2.15 bits per heavy atom. The first-order valence-corrected chi connectivity index (χ1v) is 8.60. The lowest BCUT2D eigenvalue weighted by molar-refractivity contribution is 0.0223. The third-order valence-electron chi connectivity index (χ3n) is 4.72. The highest BCUT2D eigenvalue weighted by atomic mass is 19.1. The van der Waals surface area contributed by atoms with Gasteiger partial charge in [-0.3, -0.25) is 5.10 Å². The Morgan fingerprint density at radius 1 is 1.26 bits per heavy atom. The van der Waals surface area contributed by atoms with E-state index in [2.05, 4.69) is 25.4 Å². The van der Waals surface area contributed by atoms with Crippen LogP contribution >= 0.6 is 0 Å². The average molecular weight is 370 g/mol. The Bertz CT molecular complexity index is 903. The highest BCUT2D eigenvalue weighted by Gasteiger charge is 2.30. The molecule has 2 N–H and O–H groups in total. The summed E-state index contributed by atoms with van der Waals surface area (Å²) in [7, 11) is 1.75. The Hall–Kier alpha value is -3.07. The van der Waals surface area contributed by atoms with E-state index in [0.717, 1.165) is 11.1 Å². The predicted molar refractivity (Wildman–Crippen MR) is 97.0 cm³/mol. The first kappa shape index (κ1) is 17.3. The average Bonchev–Trinajstić information content (AvgIpc) is 3.23. The molecule has 0 radical (unpaired) electrons. The summed E-state index contributed by atoms with van der Waals surface area (Å²) in [5.41, 5.74) is 2.66. The number of aromatic hydroxyl groups is 1. The molecule has 1 aromatic carbocycles. The minimum Gasteiger partial charge on any atom is -0.507 e. The zero-order valence-electron chi connectivity index (χ0n) is 14.7. The van der Waals surface area contributed by atoms with E-state index in [0.29, 0.717) is 30.2 Å². The van der Waals surface area contributed by atoms with Crippen LogP contribution in [-0.4, -0.2) is 63.0 Å². The fourth-order valence-electron chi connectivity index (χ4n) is 3.17. The zero-order chi connectivity index (χ0) is 18.8. The van der Waals surface area contributed by atoms with Crippen LogP contribution in [0.25, 0.3) is 22.4 Å². The molecule has 0 bridgehead atoms. The first-order chi connectivity index (χ1) is 13.1. The molecule has 1 aliphatic rings. The molecule has 2 atom stereocenters. The van der Waals surface area contributed by atoms with Crippen LogP contribution in [0.1, 0.15) is 6.42 Å². The lowest BCUT2D eigenvalue weighted by Gasteiger charge is -2.33. The summed E-state index contributed by atoms with van der Waals surface area (Å²) in [5, 5.41) is 25.3. The molecule has 1 fully saturated rings. The van der Waals surface area contributed by atoms with Crippen LogP contribution in [0.15, 0.2) is 36.8 Å². The fraction of sp³-hybridized carbons (Fsp3) is 0.333. The van der Waals surface area contributed by atoms with E-state index in [-0.39, 0.29) is 18.4 Å². The van der Waals surface area contributed by atoms with Crippen molar-refractivity contribution in [2.24, 2.45) is 0 Å². The Kier molecular flexibility index (Phi) is 4.68. The van der Waals surface area contributed by atoms with Crippen molar-refractivity contribution in [1.29, 1.82) is 0 Å². The molecule has 3 heterocycles. The van der Waals surface area contributed by atoms with Crippen molar-refractivity contribution in [1.82, 2.24) is 25.4 Å². The molecular formula is C18H19FN6O2. The number of aromatic nitrogens is 5. The van der Waals surface area contributed by atoms with Crippen molar-refractivity contribution in [3.63, 3.8) is 0 Å². The standard InChI is InChI=1S/C18H19FN6O2/c1-25(16-4-5-27-10-14(16)19)18-20-9-15(23-24-18)13-3-2-11(6-17(13)26)12-7-21-22-8-12/h2-3,6-9,14,16,26H,4-5,10H2,1H3,(H,21,22)/t14-,16+/m1/s1. The number of ether oxygens (including phenoxy) is 1. The van der Waals surface area contributed by atoms with Gasteiger partial charge in [-0.1, -0.05) is 6.07 Å². The summed E-state index contributed by atoms with van der Waals surface area (Å²) in [6.07, 6.45) is 4.42. The highest BCUT2D eigenvalue weighted by molar-refractivity contribution is 5.73. The number of H-pyrrole nitrogens is 1. The largest absolute Gasteiger partial charge is 0.507 e. The second kappa shape index (κ2) is 7.28. The molecule has 8 nitrogen and oxygen atoms in total. The van der Waals surface area contributed by atoms with E-state index in [1.165, 1.54) is 6.20 Å². The smallest absolute Gasteiger partial charge is 0.245 e. The summed E-state index contributed by atoms with van der Waals surface area (Å²) in [6, 6.07) is 4.91. The molecule has 0 unspecified atom stereocenters. The molecule has 1 saturated heterocycles. The summed E-state index contributed by atoms with van der Waals surface area (Å²) in [4.78, 5) is 5.98. The number of rotatable bonds is 4. The van der Waals surface area contributed by atoms with Gasteiger partial charge >= 0.3 is 0 Å². The Morgan fingerprint density at radius 3 is 2.81 bits per heavy atom. The van der Waals surface area contributed by atoms with Gasteiger partial charge in [0, 0.05) is 31.0 Å². The Balaban J connectivity index is 1.55. The number of benzene rings is 1. The number of halogens is 1. The van der Waals surface area contributed by atoms with Crippen LogP contribution in [0.3, 0.4) is 0 Å². The van der Waals surface area contributed by atoms with Gasteiger partial charge in [-0.05, 0) is 24.1 Å². The van der Waals surface area contributed by atoms with Gasteiger partial charge < -0.3 is 14.7 Å². The maximum Gasteiger partial charge on any atom is 0.245 e. The van der Waals surface area contributed by atoms with Gasteiger partial charge in [0.05, 0.1) is 25.0 Å². The van der Waals surface area contributed by atoms with Crippen molar-refractivity contribution in [3.05, 3.63) is 36.8 Å². The van der Waals surface area contributed by atoms with Gasteiger partial charge in [0.15, 0.2) is 0 Å². The molecule has 1 aliphatic heterocycles. The molecule has 27 heavy (non-hydrogen) atoms. The summed E-state index contributed by atoms with van der Waals surface area (Å²) in [5.74, 6) is 0.405. The van der Waals surface area contributed by atoms with E-state index in [4.69, 9.17) is 4.74 Å². The van der Waals surface area contributed by atoms with Crippen LogP contribution in [-0.2, 0) is 4.74 Å². The van der Waals surface area contributed by atoms with Crippen LogP contribution in [0.5, 0.6) is 5.75 Å². The quantitative estimate of drug-likeness (QED) is 0.726. The van der Waals surface area contributed by atoms with Crippen molar-refractivity contribution >= 4 is 5.95 Å². The maximum absolute atomic E-state index is 14.1. The van der Waals surface area contributed by atoms with Crippen molar-refractivity contribution in [3.8, 4) is 28.1 Å². The molecule has 0 saturated carbocycles. The molecule has 2 aromatic heterocycles. The van der Waals surface area contributed by atoms with E-state index in [9.17, 15) is 9.50 Å². The normalized spacial score (nSPS) is 19.8. The lowest BCUT2D eigenvalue weighted by atomic mass is 10.0. The molecule has 140 valence electrons. The highest BCUT2D eigenvalue weighted by Crippen LogP contribution is 2.32. The van der Waals surface area contributed by atoms with Crippen molar-refractivity contribution < 1.29 is 14.2 Å². The van der Waals surface area contributed by atoms with Crippen LogP contribution in [0.2, 0.25) is 0 Å². The first-order valence-electron chi connectivity index (χ1n) is 8.60. The number of phenolic OH excluding ortho intramolecular Hbond substituents is 1. The number of nitrogens with one attached hydrogen (secondary N) is 1. The number of alkyl halides is 1. The van der Waals surface area contributed by atoms with Gasteiger partial charge in [0.1, 0.15) is 17.6 Å². The van der Waals surface area contributed by atoms with Gasteiger partial charge in [0.2, 0.25) is 5.95 Å². The van der Waals surface area contributed by atoms with Gasteiger partial charge in [0.25, 0.3) is 0 Å². The van der Waals surface area contributed by atoms with E-state index < -0.39 is 6.17 Å². The second-order valence-corrected chi connectivity index (χ2v) is 6.42. The minimum atomic E-state index is -1.09. The molecule has 0 amide bonds. The molecule has 3 aromatic rings. The van der Waals surface area contributed by atoms with Gasteiger partial charge in [-0.25, -0.2) is 9.37 Å². The number of hydrogen-bond acceptors (Lipinski definition) is 7. The summed E-state index contributed by atoms with van der Waals surface area (Å²) < 4.78 is 19.2. The van der Waals surface area contributed by atoms with E-state index >= 15 is 0 Å². The third kappa shape index (κ3) is 3.45. The topological polar surface area (TPSA) is 100 Å². The molecule has 0 spiro atoms. The number of aromatic amines is 1. The van der Waals surface area contributed by atoms with Crippen molar-refractivity contribution in [2.45, 2.75) is 18.6 Å². The van der Waals surface area contributed by atoms with Crippen LogP contribution in [0.4, 0.5) is 10.3 Å². The second-order valence-electron chi connectivity index (χ2n) is 6.42. The summed E-state index contributed by atoms with van der Waals surface area (Å²) in [6.45, 7) is 0.592. The van der Waals surface area contributed by atoms with Crippen LogP contribution in [0, 0.1) is 0 Å².